The van der Waals surface area contributed by atoms with Crippen molar-refractivity contribution >= 4 is 22.9 Å². The molecule has 1 unspecified atom stereocenters. The second-order valence-electron chi connectivity index (χ2n) is 4.02. The van der Waals surface area contributed by atoms with Gasteiger partial charge in [-0.25, -0.2) is 0 Å². The van der Waals surface area contributed by atoms with Crippen LogP contribution in [0.1, 0.15) is 19.8 Å². The van der Waals surface area contributed by atoms with E-state index in [1.54, 1.807) is 11.3 Å². The van der Waals surface area contributed by atoms with Gasteiger partial charge in [0.05, 0.1) is 11.2 Å². The molecule has 4 heteroatoms. The average molecular weight is 210 g/mol. The number of amides is 1. The van der Waals surface area contributed by atoms with Gasteiger partial charge in [-0.2, -0.15) is 11.3 Å². The summed E-state index contributed by atoms with van der Waals surface area (Å²) in [6.45, 7) is 1.81. The highest BCUT2D eigenvalue weighted by molar-refractivity contribution is 7.08. The van der Waals surface area contributed by atoms with Crippen molar-refractivity contribution < 1.29 is 4.79 Å². The van der Waals surface area contributed by atoms with Crippen molar-refractivity contribution in [2.45, 2.75) is 25.3 Å². The van der Waals surface area contributed by atoms with E-state index in [1.807, 2.05) is 23.8 Å². The number of hydrogen-bond acceptors (Lipinski definition) is 3. The van der Waals surface area contributed by atoms with Crippen molar-refractivity contribution in [3.63, 3.8) is 0 Å². The van der Waals surface area contributed by atoms with Crippen molar-refractivity contribution in [1.82, 2.24) is 0 Å². The molecule has 1 aliphatic rings. The zero-order valence-electron chi connectivity index (χ0n) is 8.12. The normalized spacial score (nSPS) is 20.1. The van der Waals surface area contributed by atoms with E-state index >= 15 is 0 Å². The molecule has 3 nitrogen and oxygen atoms in total. The second kappa shape index (κ2) is 3.37. The van der Waals surface area contributed by atoms with Crippen LogP contribution >= 0.6 is 11.3 Å². The molecule has 76 valence electrons. The molecular formula is C10H14N2OS. The number of anilines is 1. The van der Waals surface area contributed by atoms with Gasteiger partial charge in [0.1, 0.15) is 0 Å². The molecule has 0 saturated heterocycles. The predicted molar refractivity (Wildman–Crippen MR) is 58.3 cm³/mol. The first-order valence-corrected chi connectivity index (χ1v) is 5.67. The largest absolute Gasteiger partial charge is 0.324 e. The maximum absolute atomic E-state index is 11.8. The van der Waals surface area contributed by atoms with E-state index in [1.165, 1.54) is 0 Å². The fourth-order valence-corrected chi connectivity index (χ4v) is 2.06. The molecule has 14 heavy (non-hydrogen) atoms. The lowest BCUT2D eigenvalue weighted by atomic mass is 9.96. The van der Waals surface area contributed by atoms with E-state index in [4.69, 9.17) is 5.73 Å². The third kappa shape index (κ3) is 1.81. The molecule has 1 atom stereocenters. The lowest BCUT2D eigenvalue weighted by Gasteiger charge is -2.22. The third-order valence-electron chi connectivity index (χ3n) is 2.69. The summed E-state index contributed by atoms with van der Waals surface area (Å²) in [5.41, 5.74) is 6.11. The molecule has 1 aromatic heterocycles. The molecular weight excluding hydrogens is 196 g/mol. The first-order chi connectivity index (χ1) is 6.60. The van der Waals surface area contributed by atoms with E-state index in [-0.39, 0.29) is 5.91 Å². The number of nitrogens with two attached hydrogens (primary N) is 1. The Morgan fingerprint density at radius 3 is 2.93 bits per heavy atom. The van der Waals surface area contributed by atoms with Crippen LogP contribution in [0.5, 0.6) is 0 Å². The quantitative estimate of drug-likeness (QED) is 0.799. The molecule has 1 heterocycles. The number of carbonyl (C=O) groups is 1. The Morgan fingerprint density at radius 1 is 1.71 bits per heavy atom. The predicted octanol–water partition coefficient (Wildman–Crippen LogP) is 1.81. The van der Waals surface area contributed by atoms with Gasteiger partial charge in [-0.05, 0) is 37.1 Å². The number of thiophene rings is 1. The highest BCUT2D eigenvalue weighted by atomic mass is 32.1. The van der Waals surface area contributed by atoms with Gasteiger partial charge >= 0.3 is 0 Å². The van der Waals surface area contributed by atoms with Gasteiger partial charge in [-0.3, -0.25) is 4.79 Å². The highest BCUT2D eigenvalue weighted by Crippen LogP contribution is 2.38. The highest BCUT2D eigenvalue weighted by Gasteiger charge is 2.44. The van der Waals surface area contributed by atoms with Crippen LogP contribution in [0.2, 0.25) is 0 Å². The summed E-state index contributed by atoms with van der Waals surface area (Å²) in [7, 11) is 0. The summed E-state index contributed by atoms with van der Waals surface area (Å²) in [4.78, 5) is 11.8. The second-order valence-corrected chi connectivity index (χ2v) is 4.80. The molecule has 0 aromatic carbocycles. The zero-order valence-corrected chi connectivity index (χ0v) is 8.93. The molecule has 3 N–H and O–H groups in total. The molecule has 2 rings (SSSR count). The van der Waals surface area contributed by atoms with Gasteiger partial charge in [0, 0.05) is 5.38 Å². The molecule has 1 aromatic rings. The topological polar surface area (TPSA) is 55.1 Å². The van der Waals surface area contributed by atoms with Crippen molar-refractivity contribution in [1.29, 1.82) is 0 Å². The smallest absolute Gasteiger partial charge is 0.244 e. The van der Waals surface area contributed by atoms with Crippen molar-refractivity contribution in [2.75, 3.05) is 5.32 Å². The number of hydrogen-bond donors (Lipinski definition) is 2. The molecule has 0 aliphatic heterocycles. The van der Waals surface area contributed by atoms with Gasteiger partial charge in [0.25, 0.3) is 0 Å². The van der Waals surface area contributed by atoms with Crippen molar-refractivity contribution in [2.24, 2.45) is 11.7 Å². The van der Waals surface area contributed by atoms with Crippen LogP contribution in [0.25, 0.3) is 0 Å². The van der Waals surface area contributed by atoms with Crippen molar-refractivity contribution in [3.05, 3.63) is 16.8 Å². The lowest BCUT2D eigenvalue weighted by molar-refractivity contribution is -0.121. The molecule has 0 spiro atoms. The van der Waals surface area contributed by atoms with Gasteiger partial charge < -0.3 is 11.1 Å². The van der Waals surface area contributed by atoms with E-state index in [9.17, 15) is 4.79 Å². The Kier molecular flexibility index (Phi) is 2.33. The van der Waals surface area contributed by atoms with Gasteiger partial charge in [0.15, 0.2) is 0 Å². The minimum atomic E-state index is -0.706. The Hall–Kier alpha value is -0.870. The molecule has 1 saturated carbocycles. The SMILES string of the molecule is CC(N)(C(=O)Nc1ccsc1)C1CC1. The summed E-state index contributed by atoms with van der Waals surface area (Å²) < 4.78 is 0. The standard InChI is InChI=1S/C10H14N2OS/c1-10(11,7-2-3-7)9(13)12-8-4-5-14-6-8/h4-7H,2-3,11H2,1H3,(H,12,13). The number of rotatable bonds is 3. The minimum absolute atomic E-state index is 0.0709. The average Bonchev–Trinajstić information content (AvgIpc) is 2.88. The first-order valence-electron chi connectivity index (χ1n) is 4.73. The monoisotopic (exact) mass is 210 g/mol. The maximum Gasteiger partial charge on any atom is 0.244 e. The molecule has 0 radical (unpaired) electrons. The fraction of sp³-hybridized carbons (Fsp3) is 0.500. The first kappa shape index (κ1) is 9.68. The van der Waals surface area contributed by atoms with E-state index in [2.05, 4.69) is 5.32 Å². The van der Waals surface area contributed by atoms with Crippen LogP contribution in [-0.2, 0) is 4.79 Å². The van der Waals surface area contributed by atoms with Gasteiger partial charge in [-0.1, -0.05) is 0 Å². The van der Waals surface area contributed by atoms with E-state index < -0.39 is 5.54 Å². The van der Waals surface area contributed by atoms with Crippen LogP contribution in [0.4, 0.5) is 5.69 Å². The number of nitrogens with one attached hydrogen (secondary N) is 1. The molecule has 1 aliphatic carbocycles. The molecule has 1 fully saturated rings. The van der Waals surface area contributed by atoms with Crippen LogP contribution in [0, 0.1) is 5.92 Å². The van der Waals surface area contributed by atoms with E-state index in [0.717, 1.165) is 18.5 Å². The summed E-state index contributed by atoms with van der Waals surface area (Å²) in [5, 5.41) is 6.66. The van der Waals surface area contributed by atoms with E-state index in [0.29, 0.717) is 5.92 Å². The van der Waals surface area contributed by atoms with Crippen LogP contribution in [-0.4, -0.2) is 11.4 Å². The number of carbonyl (C=O) groups excluding carboxylic acids is 1. The summed E-state index contributed by atoms with van der Waals surface area (Å²) >= 11 is 1.56. The van der Waals surface area contributed by atoms with Crippen LogP contribution in [0.15, 0.2) is 16.8 Å². The Labute approximate surface area is 87.3 Å². The van der Waals surface area contributed by atoms with Crippen molar-refractivity contribution in [3.8, 4) is 0 Å². The minimum Gasteiger partial charge on any atom is -0.324 e. The zero-order chi connectivity index (χ0) is 10.2. The fourth-order valence-electron chi connectivity index (χ4n) is 1.47. The summed E-state index contributed by atoms with van der Waals surface area (Å²) in [6, 6.07) is 1.88. The Morgan fingerprint density at radius 2 is 2.43 bits per heavy atom. The summed E-state index contributed by atoms with van der Waals surface area (Å²) in [6.07, 6.45) is 2.15. The molecule has 1 amide bonds. The van der Waals surface area contributed by atoms with Gasteiger partial charge in [0.2, 0.25) is 5.91 Å². The lowest BCUT2D eigenvalue weighted by Crippen LogP contribution is -2.50. The molecule has 0 bridgehead atoms. The summed E-state index contributed by atoms with van der Waals surface area (Å²) in [5.74, 6) is 0.291. The van der Waals surface area contributed by atoms with Crippen LogP contribution in [0.3, 0.4) is 0 Å². The Bertz CT molecular complexity index is 328. The Balaban J connectivity index is 2.01. The van der Waals surface area contributed by atoms with Gasteiger partial charge in [-0.15, -0.1) is 0 Å². The third-order valence-corrected chi connectivity index (χ3v) is 3.38. The maximum atomic E-state index is 11.8. The van der Waals surface area contributed by atoms with Crippen LogP contribution < -0.4 is 11.1 Å².